The first-order chi connectivity index (χ1) is 8.22. The molecule has 0 aromatic heterocycles. The third-order valence-electron chi connectivity index (χ3n) is 3.41. The molecule has 0 bridgehead atoms. The van der Waals surface area contributed by atoms with Crippen molar-refractivity contribution in [1.82, 2.24) is 5.32 Å². The molecule has 1 aliphatic rings. The minimum atomic E-state index is 0.184. The van der Waals surface area contributed by atoms with Crippen LogP contribution < -0.4 is 10.1 Å². The number of methoxy groups -OCH3 is 1. The molecule has 92 valence electrons. The van der Waals surface area contributed by atoms with Gasteiger partial charge in [-0.15, -0.1) is 0 Å². The van der Waals surface area contributed by atoms with E-state index in [0.717, 1.165) is 42.8 Å². The van der Waals surface area contributed by atoms with Gasteiger partial charge in [0.05, 0.1) is 7.11 Å². The van der Waals surface area contributed by atoms with Gasteiger partial charge in [0, 0.05) is 11.5 Å². The summed E-state index contributed by atoms with van der Waals surface area (Å²) in [5, 5.41) is 3.28. The second-order valence-electron chi connectivity index (χ2n) is 4.57. The van der Waals surface area contributed by atoms with Crippen molar-refractivity contribution in [2.24, 2.45) is 5.92 Å². The Morgan fingerprint density at radius 3 is 2.65 bits per heavy atom. The number of Topliss-reactive ketones (excluding diaryl/α,β-unsaturated/α-hetero) is 1. The summed E-state index contributed by atoms with van der Waals surface area (Å²) in [5.41, 5.74) is 1.85. The minimum Gasteiger partial charge on any atom is -0.497 e. The quantitative estimate of drug-likeness (QED) is 0.813. The van der Waals surface area contributed by atoms with Crippen LogP contribution >= 0.6 is 0 Å². The summed E-state index contributed by atoms with van der Waals surface area (Å²) in [6.45, 7) is 3.87. The lowest BCUT2D eigenvalue weighted by Gasteiger charge is -2.22. The monoisotopic (exact) mass is 233 g/mol. The van der Waals surface area contributed by atoms with Crippen LogP contribution in [-0.2, 0) is 0 Å². The van der Waals surface area contributed by atoms with Gasteiger partial charge in [-0.2, -0.15) is 0 Å². The van der Waals surface area contributed by atoms with Gasteiger partial charge in [-0.05, 0) is 56.6 Å². The zero-order chi connectivity index (χ0) is 12.3. The van der Waals surface area contributed by atoms with Crippen LogP contribution in [0.4, 0.5) is 0 Å². The number of carbonyl (C=O) groups excluding carboxylic acids is 1. The van der Waals surface area contributed by atoms with E-state index in [1.165, 1.54) is 0 Å². The highest BCUT2D eigenvalue weighted by Crippen LogP contribution is 2.23. The molecule has 17 heavy (non-hydrogen) atoms. The zero-order valence-corrected chi connectivity index (χ0v) is 10.5. The molecule has 3 nitrogen and oxygen atoms in total. The van der Waals surface area contributed by atoms with Crippen molar-refractivity contribution in [3.63, 3.8) is 0 Å². The van der Waals surface area contributed by atoms with Crippen molar-refractivity contribution in [3.8, 4) is 5.75 Å². The highest BCUT2D eigenvalue weighted by atomic mass is 16.5. The Morgan fingerprint density at radius 1 is 1.35 bits per heavy atom. The molecular weight excluding hydrogens is 214 g/mol. The largest absolute Gasteiger partial charge is 0.497 e. The molecule has 0 spiro atoms. The first-order valence-corrected chi connectivity index (χ1v) is 6.12. The van der Waals surface area contributed by atoms with Crippen LogP contribution in [0.15, 0.2) is 18.2 Å². The molecule has 1 saturated heterocycles. The van der Waals surface area contributed by atoms with Gasteiger partial charge >= 0.3 is 0 Å². The summed E-state index contributed by atoms with van der Waals surface area (Å²) in [6, 6.07) is 5.67. The number of hydrogen-bond donors (Lipinski definition) is 1. The van der Waals surface area contributed by atoms with Gasteiger partial charge < -0.3 is 10.1 Å². The van der Waals surface area contributed by atoms with Crippen LogP contribution in [-0.4, -0.2) is 26.0 Å². The Labute approximate surface area is 102 Å². The summed E-state index contributed by atoms with van der Waals surface area (Å²) in [6.07, 6.45) is 1.90. The van der Waals surface area contributed by atoms with Crippen LogP contribution in [0.5, 0.6) is 5.75 Å². The average Bonchev–Trinajstić information content (AvgIpc) is 2.39. The predicted molar refractivity (Wildman–Crippen MR) is 67.7 cm³/mol. The van der Waals surface area contributed by atoms with E-state index >= 15 is 0 Å². The SMILES string of the molecule is COc1ccc(C(=O)C2CCNCC2)c(C)c1. The molecule has 1 fully saturated rings. The number of benzene rings is 1. The summed E-state index contributed by atoms with van der Waals surface area (Å²) < 4.78 is 5.15. The molecule has 1 aromatic rings. The summed E-state index contributed by atoms with van der Waals surface area (Å²) >= 11 is 0. The summed E-state index contributed by atoms with van der Waals surface area (Å²) in [5.74, 6) is 1.28. The number of nitrogens with one attached hydrogen (secondary N) is 1. The molecule has 2 rings (SSSR count). The normalized spacial score (nSPS) is 16.8. The lowest BCUT2D eigenvalue weighted by molar-refractivity contribution is 0.0894. The van der Waals surface area contributed by atoms with E-state index in [9.17, 15) is 4.79 Å². The Bertz CT molecular complexity index is 409. The Balaban J connectivity index is 2.18. The van der Waals surface area contributed by atoms with Crippen LogP contribution in [0.3, 0.4) is 0 Å². The highest BCUT2D eigenvalue weighted by Gasteiger charge is 2.23. The molecule has 1 heterocycles. The maximum atomic E-state index is 12.4. The number of aryl methyl sites for hydroxylation is 1. The van der Waals surface area contributed by atoms with Crippen LogP contribution in [0.25, 0.3) is 0 Å². The van der Waals surface area contributed by atoms with Crippen molar-refractivity contribution < 1.29 is 9.53 Å². The summed E-state index contributed by atoms with van der Waals surface area (Å²) in [4.78, 5) is 12.4. The molecule has 0 amide bonds. The Kier molecular flexibility index (Phi) is 3.79. The van der Waals surface area contributed by atoms with Crippen LogP contribution in [0.1, 0.15) is 28.8 Å². The third kappa shape index (κ3) is 2.67. The summed E-state index contributed by atoms with van der Waals surface area (Å²) in [7, 11) is 1.64. The van der Waals surface area contributed by atoms with Gasteiger partial charge in [-0.25, -0.2) is 0 Å². The average molecular weight is 233 g/mol. The third-order valence-corrected chi connectivity index (χ3v) is 3.41. The van der Waals surface area contributed by atoms with Gasteiger partial charge in [-0.3, -0.25) is 4.79 Å². The van der Waals surface area contributed by atoms with Gasteiger partial charge in [0.2, 0.25) is 0 Å². The molecule has 1 N–H and O–H groups in total. The van der Waals surface area contributed by atoms with Crippen molar-refractivity contribution in [2.45, 2.75) is 19.8 Å². The van der Waals surface area contributed by atoms with Crippen molar-refractivity contribution in [2.75, 3.05) is 20.2 Å². The van der Waals surface area contributed by atoms with E-state index in [1.54, 1.807) is 7.11 Å². The van der Waals surface area contributed by atoms with Crippen molar-refractivity contribution >= 4 is 5.78 Å². The van der Waals surface area contributed by atoms with Crippen molar-refractivity contribution in [1.29, 1.82) is 0 Å². The van der Waals surface area contributed by atoms with Gasteiger partial charge in [-0.1, -0.05) is 0 Å². The number of ether oxygens (including phenoxy) is 1. The molecular formula is C14H19NO2. The molecule has 1 aliphatic heterocycles. The van der Waals surface area contributed by atoms with Gasteiger partial charge in [0.25, 0.3) is 0 Å². The van der Waals surface area contributed by atoms with E-state index in [-0.39, 0.29) is 11.7 Å². The number of piperidine rings is 1. The van der Waals surface area contributed by atoms with E-state index in [4.69, 9.17) is 4.74 Å². The first-order valence-electron chi connectivity index (χ1n) is 6.12. The molecule has 0 saturated carbocycles. The molecule has 0 atom stereocenters. The first kappa shape index (κ1) is 12.1. The molecule has 1 aromatic carbocycles. The molecule has 0 unspecified atom stereocenters. The smallest absolute Gasteiger partial charge is 0.166 e. The van der Waals surface area contributed by atoms with Crippen molar-refractivity contribution in [3.05, 3.63) is 29.3 Å². The second-order valence-corrected chi connectivity index (χ2v) is 4.57. The Morgan fingerprint density at radius 2 is 2.06 bits per heavy atom. The molecule has 0 aliphatic carbocycles. The van der Waals surface area contributed by atoms with E-state index in [2.05, 4.69) is 5.32 Å². The fraction of sp³-hybridized carbons (Fsp3) is 0.500. The standard InChI is InChI=1S/C14H19NO2/c1-10-9-12(17-2)3-4-13(10)14(16)11-5-7-15-8-6-11/h3-4,9,11,15H,5-8H2,1-2H3. The van der Waals surface area contributed by atoms with E-state index in [1.807, 2.05) is 25.1 Å². The van der Waals surface area contributed by atoms with Crippen LogP contribution in [0.2, 0.25) is 0 Å². The molecule has 0 radical (unpaired) electrons. The molecule has 3 heteroatoms. The fourth-order valence-corrected chi connectivity index (χ4v) is 2.34. The number of hydrogen-bond acceptors (Lipinski definition) is 3. The zero-order valence-electron chi connectivity index (χ0n) is 10.5. The lowest BCUT2D eigenvalue weighted by atomic mass is 9.88. The fourth-order valence-electron chi connectivity index (χ4n) is 2.34. The van der Waals surface area contributed by atoms with Gasteiger partial charge in [0.15, 0.2) is 5.78 Å². The second kappa shape index (κ2) is 5.32. The van der Waals surface area contributed by atoms with E-state index < -0.39 is 0 Å². The van der Waals surface area contributed by atoms with E-state index in [0.29, 0.717) is 0 Å². The Hall–Kier alpha value is -1.35. The number of ketones is 1. The lowest BCUT2D eigenvalue weighted by Crippen LogP contribution is -2.32. The number of rotatable bonds is 3. The topological polar surface area (TPSA) is 38.3 Å². The maximum Gasteiger partial charge on any atom is 0.166 e. The van der Waals surface area contributed by atoms with Crippen LogP contribution in [0, 0.1) is 12.8 Å². The highest BCUT2D eigenvalue weighted by molar-refractivity contribution is 5.99. The maximum absolute atomic E-state index is 12.4. The number of carbonyl (C=O) groups is 1. The predicted octanol–water partition coefficient (Wildman–Crippen LogP) is 2.19. The van der Waals surface area contributed by atoms with Gasteiger partial charge in [0.1, 0.15) is 5.75 Å². The minimum absolute atomic E-state index is 0.184.